The molecule has 7 nitrogen and oxygen atoms in total. The topological polar surface area (TPSA) is 77.7 Å². The van der Waals surface area contributed by atoms with Crippen molar-refractivity contribution in [2.24, 2.45) is 0 Å². The Labute approximate surface area is 173 Å². The van der Waals surface area contributed by atoms with Crippen LogP contribution in [0.15, 0.2) is 47.0 Å². The zero-order chi connectivity index (χ0) is 20.4. The number of halogens is 1. The molecule has 0 radical (unpaired) electrons. The van der Waals surface area contributed by atoms with Crippen molar-refractivity contribution < 1.29 is 18.8 Å². The molecule has 29 heavy (non-hydrogen) atoms. The Morgan fingerprint density at radius 1 is 1.28 bits per heavy atom. The number of nitrogens with zero attached hydrogens (tertiary/aromatic N) is 3. The van der Waals surface area contributed by atoms with Gasteiger partial charge in [0.25, 0.3) is 11.8 Å². The molecule has 1 amide bonds. The van der Waals surface area contributed by atoms with Crippen LogP contribution < -0.4 is 14.4 Å². The molecule has 1 aromatic heterocycles. The summed E-state index contributed by atoms with van der Waals surface area (Å²) in [5.41, 5.74) is 1.45. The molecule has 1 aliphatic rings. The Balaban J connectivity index is 1.57. The van der Waals surface area contributed by atoms with Gasteiger partial charge in [-0.05, 0) is 49.7 Å². The van der Waals surface area contributed by atoms with E-state index in [0.29, 0.717) is 34.8 Å². The molecular weight excluding hydrogens is 394 g/mol. The highest BCUT2D eigenvalue weighted by molar-refractivity contribution is 6.30. The van der Waals surface area contributed by atoms with Gasteiger partial charge < -0.3 is 18.9 Å². The summed E-state index contributed by atoms with van der Waals surface area (Å²) in [4.78, 5) is 18.4. The summed E-state index contributed by atoms with van der Waals surface area (Å²) >= 11 is 5.99. The summed E-state index contributed by atoms with van der Waals surface area (Å²) < 4.78 is 16.8. The lowest BCUT2D eigenvalue weighted by atomic mass is 10.1. The number of anilines is 1. The number of carbonyl (C=O) groups is 1. The molecule has 2 aromatic carbocycles. The van der Waals surface area contributed by atoms with Gasteiger partial charge in [-0.3, -0.25) is 4.79 Å². The first-order valence-electron chi connectivity index (χ1n) is 9.38. The molecule has 150 valence electrons. The summed E-state index contributed by atoms with van der Waals surface area (Å²) in [6, 6.07) is 12.6. The first-order chi connectivity index (χ1) is 14.0. The minimum Gasteiger partial charge on any atom is -0.482 e. The lowest BCUT2D eigenvalue weighted by Crippen LogP contribution is -2.39. The molecule has 1 unspecified atom stereocenters. The molecule has 0 saturated carbocycles. The van der Waals surface area contributed by atoms with E-state index in [1.807, 2.05) is 44.2 Å². The number of fused-ring (bicyclic) bond motifs is 1. The van der Waals surface area contributed by atoms with E-state index in [1.54, 1.807) is 17.0 Å². The van der Waals surface area contributed by atoms with Crippen LogP contribution in [0.25, 0.3) is 11.4 Å². The summed E-state index contributed by atoms with van der Waals surface area (Å²) in [6.07, 6.45) is 0.397. The van der Waals surface area contributed by atoms with Crippen LogP contribution in [0.5, 0.6) is 11.5 Å². The molecule has 0 spiro atoms. The van der Waals surface area contributed by atoms with Crippen molar-refractivity contribution in [2.45, 2.75) is 26.4 Å². The van der Waals surface area contributed by atoms with Crippen molar-refractivity contribution in [1.82, 2.24) is 10.1 Å². The van der Waals surface area contributed by atoms with Crippen LogP contribution in [0, 0.1) is 0 Å². The van der Waals surface area contributed by atoms with Gasteiger partial charge in [0, 0.05) is 17.1 Å². The molecule has 0 saturated heterocycles. The number of ether oxygens (including phenoxy) is 2. The van der Waals surface area contributed by atoms with E-state index < -0.39 is 6.10 Å². The lowest BCUT2D eigenvalue weighted by molar-refractivity contribution is -0.121. The maximum Gasteiger partial charge on any atom is 0.267 e. The van der Waals surface area contributed by atoms with Crippen LogP contribution in [0.3, 0.4) is 0 Å². The Bertz CT molecular complexity index is 1040. The fraction of sp³-hybridized carbons (Fsp3) is 0.286. The fourth-order valence-electron chi connectivity index (χ4n) is 3.12. The first kappa shape index (κ1) is 19.3. The number of benzene rings is 2. The van der Waals surface area contributed by atoms with Gasteiger partial charge in [-0.15, -0.1) is 0 Å². The van der Waals surface area contributed by atoms with Gasteiger partial charge in [0.1, 0.15) is 11.5 Å². The predicted molar refractivity (Wildman–Crippen MR) is 108 cm³/mol. The minimum atomic E-state index is -0.450. The highest BCUT2D eigenvalue weighted by Gasteiger charge is 2.26. The Kier molecular flexibility index (Phi) is 5.40. The van der Waals surface area contributed by atoms with Crippen molar-refractivity contribution >= 4 is 23.2 Å². The van der Waals surface area contributed by atoms with Gasteiger partial charge in [-0.2, -0.15) is 4.98 Å². The van der Waals surface area contributed by atoms with Crippen LogP contribution in [-0.4, -0.2) is 29.2 Å². The molecule has 1 aliphatic heterocycles. The third-order valence-electron chi connectivity index (χ3n) is 4.51. The van der Waals surface area contributed by atoms with Crippen LogP contribution in [0.2, 0.25) is 5.02 Å². The number of hydrogen-bond donors (Lipinski definition) is 0. The quantitative estimate of drug-likeness (QED) is 0.584. The third-order valence-corrected chi connectivity index (χ3v) is 4.74. The second-order valence-corrected chi connectivity index (χ2v) is 7.13. The molecule has 0 N–H and O–H groups in total. The molecule has 4 rings (SSSR count). The SMILES string of the molecule is CCCN1C(=O)COc2ccc(-c3noc(C(C)Oc4cccc(Cl)c4)n3)cc21. The predicted octanol–water partition coefficient (Wildman–Crippen LogP) is 4.67. The Hall–Kier alpha value is -3.06. The number of amides is 1. The normalized spacial score (nSPS) is 14.3. The maximum atomic E-state index is 12.2. The number of hydrogen-bond acceptors (Lipinski definition) is 6. The van der Waals surface area contributed by atoms with Gasteiger partial charge in [0.2, 0.25) is 5.82 Å². The molecule has 0 fully saturated rings. The molecule has 0 bridgehead atoms. The van der Waals surface area contributed by atoms with Gasteiger partial charge in [-0.25, -0.2) is 0 Å². The van der Waals surface area contributed by atoms with Crippen molar-refractivity contribution in [3.63, 3.8) is 0 Å². The van der Waals surface area contributed by atoms with E-state index in [1.165, 1.54) is 0 Å². The van der Waals surface area contributed by atoms with E-state index in [0.717, 1.165) is 17.7 Å². The number of carbonyl (C=O) groups excluding carboxylic acids is 1. The van der Waals surface area contributed by atoms with E-state index in [-0.39, 0.29) is 12.5 Å². The van der Waals surface area contributed by atoms with Crippen molar-refractivity contribution in [3.05, 3.63) is 53.4 Å². The molecule has 8 heteroatoms. The summed E-state index contributed by atoms with van der Waals surface area (Å²) in [6.45, 7) is 4.53. The van der Waals surface area contributed by atoms with Gasteiger partial charge >= 0.3 is 0 Å². The second kappa shape index (κ2) is 8.13. The van der Waals surface area contributed by atoms with Gasteiger partial charge in [0.15, 0.2) is 12.7 Å². The molecule has 0 aliphatic carbocycles. The van der Waals surface area contributed by atoms with Gasteiger partial charge in [-0.1, -0.05) is 29.7 Å². The van der Waals surface area contributed by atoms with E-state index >= 15 is 0 Å². The van der Waals surface area contributed by atoms with Crippen LogP contribution in [0.1, 0.15) is 32.3 Å². The summed E-state index contributed by atoms with van der Waals surface area (Å²) in [5.74, 6) is 1.98. The van der Waals surface area contributed by atoms with E-state index in [9.17, 15) is 4.79 Å². The average Bonchev–Trinajstić information content (AvgIpc) is 3.20. The zero-order valence-corrected chi connectivity index (χ0v) is 16.8. The Morgan fingerprint density at radius 3 is 2.93 bits per heavy atom. The smallest absolute Gasteiger partial charge is 0.267 e. The minimum absolute atomic E-state index is 0.0526. The first-order valence-corrected chi connectivity index (χ1v) is 9.76. The van der Waals surface area contributed by atoms with Crippen LogP contribution in [0.4, 0.5) is 5.69 Å². The molecule has 3 aromatic rings. The third kappa shape index (κ3) is 4.05. The fourth-order valence-corrected chi connectivity index (χ4v) is 3.30. The molecular formula is C21H20ClN3O4. The standard InChI is InChI=1S/C21H20ClN3O4/c1-3-9-25-17-10-14(7-8-18(17)27-12-19(25)26)20-23-21(29-24-20)13(2)28-16-6-4-5-15(22)11-16/h4-8,10-11,13H,3,9,12H2,1-2H3. The second-order valence-electron chi connectivity index (χ2n) is 6.69. The van der Waals surface area contributed by atoms with Crippen molar-refractivity contribution in [1.29, 1.82) is 0 Å². The van der Waals surface area contributed by atoms with Crippen molar-refractivity contribution in [3.8, 4) is 22.9 Å². The van der Waals surface area contributed by atoms with Crippen LogP contribution in [-0.2, 0) is 4.79 Å². The maximum absolute atomic E-state index is 12.2. The average molecular weight is 414 g/mol. The lowest BCUT2D eigenvalue weighted by Gasteiger charge is -2.29. The highest BCUT2D eigenvalue weighted by atomic mass is 35.5. The largest absolute Gasteiger partial charge is 0.482 e. The number of aromatic nitrogens is 2. The van der Waals surface area contributed by atoms with Gasteiger partial charge in [0.05, 0.1) is 5.69 Å². The van der Waals surface area contributed by atoms with E-state index in [2.05, 4.69) is 10.1 Å². The zero-order valence-electron chi connectivity index (χ0n) is 16.1. The monoisotopic (exact) mass is 413 g/mol. The van der Waals surface area contributed by atoms with Crippen molar-refractivity contribution in [2.75, 3.05) is 18.1 Å². The Morgan fingerprint density at radius 2 is 2.14 bits per heavy atom. The summed E-state index contributed by atoms with van der Waals surface area (Å²) in [5, 5.41) is 4.66. The number of rotatable bonds is 6. The molecule has 1 atom stereocenters. The van der Waals surface area contributed by atoms with Crippen LogP contribution >= 0.6 is 11.6 Å². The molecule has 2 heterocycles. The van der Waals surface area contributed by atoms with E-state index in [4.69, 9.17) is 25.6 Å². The highest BCUT2D eigenvalue weighted by Crippen LogP contribution is 2.36. The summed E-state index contributed by atoms with van der Waals surface area (Å²) in [7, 11) is 0.